The van der Waals surface area contributed by atoms with Crippen LogP contribution >= 0.6 is 0 Å². The number of benzene rings is 2. The Balaban J connectivity index is 1.95. The van der Waals surface area contributed by atoms with Crippen LogP contribution in [0.2, 0.25) is 0 Å². The van der Waals surface area contributed by atoms with Crippen molar-refractivity contribution in [2.24, 2.45) is 0 Å². The summed E-state index contributed by atoms with van der Waals surface area (Å²) in [5.74, 6) is 0.904. The van der Waals surface area contributed by atoms with Crippen molar-refractivity contribution in [3.05, 3.63) is 77.0 Å². The Labute approximate surface area is 183 Å². The van der Waals surface area contributed by atoms with Gasteiger partial charge in [0.1, 0.15) is 12.3 Å². The Bertz CT molecular complexity index is 1010. The molecule has 1 heterocycles. The van der Waals surface area contributed by atoms with Gasteiger partial charge in [-0.25, -0.2) is 4.79 Å². The van der Waals surface area contributed by atoms with Crippen molar-refractivity contribution >= 4 is 18.0 Å². The molecule has 0 aliphatic carbocycles. The first-order valence-corrected chi connectivity index (χ1v) is 10.4. The first-order chi connectivity index (χ1) is 15.0. The number of imide groups is 1. The van der Waals surface area contributed by atoms with Crippen molar-refractivity contribution < 1.29 is 19.1 Å². The molecule has 3 rings (SSSR count). The molecule has 1 aliphatic heterocycles. The molecule has 0 saturated carbocycles. The highest BCUT2D eigenvalue weighted by Crippen LogP contribution is 2.35. The third-order valence-corrected chi connectivity index (χ3v) is 4.91. The Kier molecular flexibility index (Phi) is 7.13. The normalized spacial score (nSPS) is 14.7. The summed E-state index contributed by atoms with van der Waals surface area (Å²) in [6, 6.07) is 11.5. The van der Waals surface area contributed by atoms with Crippen LogP contribution in [-0.4, -0.2) is 30.0 Å². The summed E-state index contributed by atoms with van der Waals surface area (Å²) in [5.41, 5.74) is 4.13. The standard InChI is InChI=1S/C25H28N2O4/c1-5-8-20-13-19(14-21-24(28)27(6-2)25(29)26-21)15-22(30-7-3)23(20)31-16-18-11-9-17(4)10-12-18/h5,9-15H,1,6-8,16H2,2-4H3,(H,26,29)/b21-14+. The molecule has 1 N–H and O–H groups in total. The summed E-state index contributed by atoms with van der Waals surface area (Å²) >= 11 is 0. The number of hydrogen-bond acceptors (Lipinski definition) is 4. The Morgan fingerprint density at radius 3 is 2.45 bits per heavy atom. The molecule has 2 aromatic rings. The van der Waals surface area contributed by atoms with E-state index in [4.69, 9.17) is 9.47 Å². The van der Waals surface area contributed by atoms with E-state index in [0.717, 1.165) is 16.7 Å². The largest absolute Gasteiger partial charge is 0.490 e. The number of ether oxygens (including phenoxy) is 2. The molecule has 31 heavy (non-hydrogen) atoms. The van der Waals surface area contributed by atoms with Gasteiger partial charge in [0.05, 0.1) is 6.61 Å². The van der Waals surface area contributed by atoms with E-state index in [1.165, 1.54) is 10.5 Å². The maximum Gasteiger partial charge on any atom is 0.328 e. The predicted octanol–water partition coefficient (Wildman–Crippen LogP) is 4.61. The summed E-state index contributed by atoms with van der Waals surface area (Å²) in [6.45, 7) is 10.8. The van der Waals surface area contributed by atoms with Gasteiger partial charge < -0.3 is 14.8 Å². The average molecular weight is 421 g/mol. The fourth-order valence-electron chi connectivity index (χ4n) is 3.37. The number of amides is 3. The second-order valence-electron chi connectivity index (χ2n) is 7.24. The maximum atomic E-state index is 12.4. The lowest BCUT2D eigenvalue weighted by Gasteiger charge is -2.17. The van der Waals surface area contributed by atoms with Gasteiger partial charge >= 0.3 is 6.03 Å². The van der Waals surface area contributed by atoms with Crippen LogP contribution in [0.25, 0.3) is 6.08 Å². The van der Waals surface area contributed by atoms with Crippen molar-refractivity contribution in [2.45, 2.75) is 33.8 Å². The van der Waals surface area contributed by atoms with Gasteiger partial charge in [-0.15, -0.1) is 6.58 Å². The Hall–Kier alpha value is -3.54. The molecule has 0 atom stereocenters. The van der Waals surface area contributed by atoms with E-state index in [2.05, 4.69) is 24.0 Å². The van der Waals surface area contributed by atoms with Crippen molar-refractivity contribution in [3.8, 4) is 11.5 Å². The Morgan fingerprint density at radius 2 is 1.84 bits per heavy atom. The Morgan fingerprint density at radius 1 is 1.10 bits per heavy atom. The molecule has 6 nitrogen and oxygen atoms in total. The zero-order valence-corrected chi connectivity index (χ0v) is 18.2. The molecule has 0 unspecified atom stereocenters. The second kappa shape index (κ2) is 9.98. The first kappa shape index (κ1) is 22.2. The average Bonchev–Trinajstić information content (AvgIpc) is 3.01. The van der Waals surface area contributed by atoms with E-state index in [1.807, 2.05) is 38.1 Å². The zero-order chi connectivity index (χ0) is 22.4. The fraction of sp³-hybridized carbons (Fsp3) is 0.280. The molecule has 6 heteroatoms. The summed E-state index contributed by atoms with van der Waals surface area (Å²) in [5, 5.41) is 2.63. The van der Waals surface area contributed by atoms with Crippen molar-refractivity contribution in [1.82, 2.24) is 10.2 Å². The van der Waals surface area contributed by atoms with Gasteiger partial charge in [0.25, 0.3) is 5.91 Å². The minimum Gasteiger partial charge on any atom is -0.490 e. The van der Waals surface area contributed by atoms with Crippen molar-refractivity contribution in [2.75, 3.05) is 13.2 Å². The first-order valence-electron chi connectivity index (χ1n) is 10.4. The van der Waals surface area contributed by atoms with E-state index >= 15 is 0 Å². The molecule has 162 valence electrons. The van der Waals surface area contributed by atoms with Crippen LogP contribution in [0.1, 0.15) is 36.1 Å². The highest BCUT2D eigenvalue weighted by atomic mass is 16.5. The fourth-order valence-corrected chi connectivity index (χ4v) is 3.37. The number of carbonyl (C=O) groups excluding carboxylic acids is 2. The third-order valence-electron chi connectivity index (χ3n) is 4.91. The highest BCUT2D eigenvalue weighted by Gasteiger charge is 2.32. The van der Waals surface area contributed by atoms with Gasteiger partial charge in [0.2, 0.25) is 0 Å². The molecule has 0 bridgehead atoms. The molecule has 2 aromatic carbocycles. The lowest BCUT2D eigenvalue weighted by molar-refractivity contribution is -0.122. The molecule has 1 fully saturated rings. The van der Waals surface area contributed by atoms with Crippen molar-refractivity contribution in [3.63, 3.8) is 0 Å². The van der Waals surface area contributed by atoms with E-state index in [0.29, 0.717) is 37.7 Å². The van der Waals surface area contributed by atoms with Gasteiger partial charge in [-0.1, -0.05) is 35.9 Å². The number of rotatable bonds is 9. The summed E-state index contributed by atoms with van der Waals surface area (Å²) in [6.07, 6.45) is 4.03. The lowest BCUT2D eigenvalue weighted by atomic mass is 10.0. The zero-order valence-electron chi connectivity index (χ0n) is 18.2. The number of aryl methyl sites for hydroxylation is 1. The second-order valence-corrected chi connectivity index (χ2v) is 7.24. The van der Waals surface area contributed by atoms with Crippen LogP contribution in [0, 0.1) is 6.92 Å². The van der Waals surface area contributed by atoms with E-state index < -0.39 is 6.03 Å². The minimum absolute atomic E-state index is 0.243. The quantitative estimate of drug-likeness (QED) is 0.365. The van der Waals surface area contributed by atoms with Gasteiger partial charge in [0, 0.05) is 12.1 Å². The molecule has 0 radical (unpaired) electrons. The molecule has 1 saturated heterocycles. The van der Waals surface area contributed by atoms with Gasteiger partial charge in [-0.05, 0) is 56.5 Å². The summed E-state index contributed by atoms with van der Waals surface area (Å²) in [4.78, 5) is 25.5. The topological polar surface area (TPSA) is 67.9 Å². The van der Waals surface area contributed by atoms with Crippen LogP contribution in [-0.2, 0) is 17.8 Å². The van der Waals surface area contributed by atoms with E-state index in [1.54, 1.807) is 19.1 Å². The summed E-state index contributed by atoms with van der Waals surface area (Å²) < 4.78 is 12.0. The van der Waals surface area contributed by atoms with Crippen LogP contribution in [0.3, 0.4) is 0 Å². The number of nitrogens with zero attached hydrogens (tertiary/aromatic N) is 1. The van der Waals surface area contributed by atoms with E-state index in [9.17, 15) is 9.59 Å². The monoisotopic (exact) mass is 420 g/mol. The molecule has 3 amide bonds. The predicted molar refractivity (Wildman–Crippen MR) is 121 cm³/mol. The number of likely N-dealkylation sites (N-methyl/N-ethyl adjacent to an activating group) is 1. The molecular formula is C25H28N2O4. The van der Waals surface area contributed by atoms with Crippen molar-refractivity contribution in [1.29, 1.82) is 0 Å². The number of allylic oxidation sites excluding steroid dienone is 1. The van der Waals surface area contributed by atoms with Crippen LogP contribution in [0.5, 0.6) is 11.5 Å². The number of urea groups is 1. The smallest absolute Gasteiger partial charge is 0.328 e. The van der Waals surface area contributed by atoms with Crippen LogP contribution in [0.4, 0.5) is 4.79 Å². The molecule has 0 aromatic heterocycles. The van der Waals surface area contributed by atoms with Gasteiger partial charge in [-0.3, -0.25) is 9.69 Å². The molecule has 1 aliphatic rings. The number of carbonyl (C=O) groups is 2. The number of nitrogens with one attached hydrogen (secondary N) is 1. The van der Waals surface area contributed by atoms with Crippen LogP contribution < -0.4 is 14.8 Å². The summed E-state index contributed by atoms with van der Waals surface area (Å²) in [7, 11) is 0. The highest BCUT2D eigenvalue weighted by molar-refractivity contribution is 6.13. The lowest BCUT2D eigenvalue weighted by Crippen LogP contribution is -2.30. The maximum absolute atomic E-state index is 12.4. The van der Waals surface area contributed by atoms with Gasteiger partial charge in [0.15, 0.2) is 11.5 Å². The van der Waals surface area contributed by atoms with Gasteiger partial charge in [-0.2, -0.15) is 0 Å². The molecule has 0 spiro atoms. The van der Waals surface area contributed by atoms with Crippen LogP contribution in [0.15, 0.2) is 54.8 Å². The van der Waals surface area contributed by atoms with E-state index in [-0.39, 0.29) is 11.6 Å². The minimum atomic E-state index is -0.409. The third kappa shape index (κ3) is 5.15. The number of hydrogen-bond donors (Lipinski definition) is 1. The molecular weight excluding hydrogens is 392 g/mol. The SMILES string of the molecule is C=CCc1cc(/C=C2/NC(=O)N(CC)C2=O)cc(OCC)c1OCc1ccc(C)cc1.